The normalized spacial score (nSPS) is 10.3. The number of anilines is 2. The van der Waals surface area contributed by atoms with E-state index in [-0.39, 0.29) is 16.5 Å². The lowest BCUT2D eigenvalue weighted by molar-refractivity contribution is 0.101. The molecule has 0 aromatic heterocycles. The molecule has 0 spiro atoms. The van der Waals surface area contributed by atoms with Crippen LogP contribution in [0.15, 0.2) is 60.7 Å². The van der Waals surface area contributed by atoms with E-state index in [2.05, 4.69) is 10.6 Å². The van der Waals surface area contributed by atoms with E-state index in [1.807, 2.05) is 0 Å². The van der Waals surface area contributed by atoms with Crippen molar-refractivity contribution < 1.29 is 23.1 Å². The van der Waals surface area contributed by atoms with Gasteiger partial charge in [-0.05, 0) is 48.5 Å². The number of nitrogens with one attached hydrogen (secondary N) is 2. The van der Waals surface area contributed by atoms with Gasteiger partial charge in [0.05, 0.1) is 23.4 Å². The molecule has 0 fully saturated rings. The zero-order valence-electron chi connectivity index (χ0n) is 15.1. The first-order valence-electron chi connectivity index (χ1n) is 8.39. The minimum Gasteiger partial charge on any atom is -0.495 e. The molecule has 0 aliphatic carbocycles. The van der Waals surface area contributed by atoms with E-state index in [4.69, 9.17) is 16.3 Å². The van der Waals surface area contributed by atoms with Crippen LogP contribution in [0.3, 0.4) is 0 Å². The van der Waals surface area contributed by atoms with Gasteiger partial charge in [-0.25, -0.2) is 8.78 Å². The van der Waals surface area contributed by atoms with E-state index in [1.54, 1.807) is 24.3 Å². The summed E-state index contributed by atoms with van der Waals surface area (Å²) in [7, 11) is 1.50. The maximum absolute atomic E-state index is 13.4. The lowest BCUT2D eigenvalue weighted by Gasteiger charge is -2.11. The van der Waals surface area contributed by atoms with Crippen molar-refractivity contribution in [1.29, 1.82) is 0 Å². The molecule has 0 saturated heterocycles. The topological polar surface area (TPSA) is 67.4 Å². The molecule has 0 saturated carbocycles. The van der Waals surface area contributed by atoms with Crippen molar-refractivity contribution in [3.05, 3.63) is 88.4 Å². The maximum atomic E-state index is 13.4. The molecule has 0 aliphatic rings. The fraction of sp³-hybridized carbons (Fsp3) is 0.0476. The SMILES string of the molecule is COc1ccccc1NC(=O)c1ccc(NC(=O)c2cc(F)c(F)cc2Cl)cc1. The van der Waals surface area contributed by atoms with Gasteiger partial charge >= 0.3 is 0 Å². The van der Waals surface area contributed by atoms with E-state index in [0.717, 1.165) is 12.1 Å². The van der Waals surface area contributed by atoms with Crippen molar-refractivity contribution in [2.75, 3.05) is 17.7 Å². The van der Waals surface area contributed by atoms with Crippen LogP contribution in [0.25, 0.3) is 0 Å². The van der Waals surface area contributed by atoms with Crippen LogP contribution in [0.1, 0.15) is 20.7 Å². The summed E-state index contributed by atoms with van der Waals surface area (Å²) in [5.41, 5.74) is 1.01. The zero-order chi connectivity index (χ0) is 21.0. The van der Waals surface area contributed by atoms with Gasteiger partial charge in [0.2, 0.25) is 0 Å². The number of rotatable bonds is 5. The van der Waals surface area contributed by atoms with Crippen molar-refractivity contribution >= 4 is 34.8 Å². The number of carbonyl (C=O) groups excluding carboxylic acids is 2. The van der Waals surface area contributed by atoms with Gasteiger partial charge in [-0.1, -0.05) is 23.7 Å². The van der Waals surface area contributed by atoms with Crippen LogP contribution < -0.4 is 15.4 Å². The highest BCUT2D eigenvalue weighted by Gasteiger charge is 2.16. The van der Waals surface area contributed by atoms with Gasteiger partial charge in [0.25, 0.3) is 11.8 Å². The van der Waals surface area contributed by atoms with Gasteiger partial charge in [-0.15, -0.1) is 0 Å². The summed E-state index contributed by atoms with van der Waals surface area (Å²) in [5, 5.41) is 5.04. The second kappa shape index (κ2) is 8.70. The van der Waals surface area contributed by atoms with E-state index in [0.29, 0.717) is 22.7 Å². The highest BCUT2D eigenvalue weighted by atomic mass is 35.5. The largest absolute Gasteiger partial charge is 0.495 e. The number of methoxy groups -OCH3 is 1. The molecule has 0 radical (unpaired) electrons. The summed E-state index contributed by atoms with van der Waals surface area (Å²) in [6.07, 6.45) is 0. The van der Waals surface area contributed by atoms with Crippen LogP contribution in [0.4, 0.5) is 20.2 Å². The fourth-order valence-electron chi connectivity index (χ4n) is 2.54. The third kappa shape index (κ3) is 4.70. The third-order valence-corrected chi connectivity index (χ3v) is 4.33. The summed E-state index contributed by atoms with van der Waals surface area (Å²) in [5.74, 6) is -2.87. The first-order chi connectivity index (χ1) is 13.9. The fourth-order valence-corrected chi connectivity index (χ4v) is 2.78. The predicted octanol–water partition coefficient (Wildman–Crippen LogP) is 5.13. The minimum absolute atomic E-state index is 0.205. The van der Waals surface area contributed by atoms with Crippen LogP contribution in [0.2, 0.25) is 5.02 Å². The van der Waals surface area contributed by atoms with Crippen molar-refractivity contribution in [3.8, 4) is 5.75 Å². The summed E-state index contributed by atoms with van der Waals surface area (Å²) in [4.78, 5) is 24.7. The Morgan fingerprint density at radius 1 is 0.897 bits per heavy atom. The lowest BCUT2D eigenvalue weighted by atomic mass is 10.1. The molecule has 3 aromatic rings. The molecule has 0 bridgehead atoms. The Morgan fingerprint density at radius 3 is 2.24 bits per heavy atom. The van der Waals surface area contributed by atoms with Gasteiger partial charge in [-0.3, -0.25) is 9.59 Å². The number of benzene rings is 3. The molecule has 0 aliphatic heterocycles. The summed E-state index contributed by atoms with van der Waals surface area (Å²) in [6, 6.07) is 14.4. The maximum Gasteiger partial charge on any atom is 0.257 e. The Morgan fingerprint density at radius 2 is 1.55 bits per heavy atom. The van der Waals surface area contributed by atoms with Crippen LogP contribution in [-0.2, 0) is 0 Å². The van der Waals surface area contributed by atoms with Crippen molar-refractivity contribution in [2.45, 2.75) is 0 Å². The minimum atomic E-state index is -1.18. The first-order valence-corrected chi connectivity index (χ1v) is 8.77. The van der Waals surface area contributed by atoms with E-state index in [1.165, 1.54) is 31.4 Å². The molecule has 3 rings (SSSR count). The van der Waals surface area contributed by atoms with Crippen molar-refractivity contribution in [2.24, 2.45) is 0 Å². The molecule has 0 atom stereocenters. The number of hydrogen-bond donors (Lipinski definition) is 2. The van der Waals surface area contributed by atoms with Gasteiger partial charge in [0.15, 0.2) is 11.6 Å². The number of ether oxygens (including phenoxy) is 1. The third-order valence-electron chi connectivity index (χ3n) is 4.01. The second-order valence-electron chi connectivity index (χ2n) is 5.93. The number of hydrogen-bond acceptors (Lipinski definition) is 3. The average molecular weight is 417 g/mol. The zero-order valence-corrected chi connectivity index (χ0v) is 15.9. The monoisotopic (exact) mass is 416 g/mol. The Balaban J connectivity index is 1.71. The number of para-hydroxylation sites is 2. The van der Waals surface area contributed by atoms with E-state index >= 15 is 0 Å². The van der Waals surface area contributed by atoms with Crippen LogP contribution in [0, 0.1) is 11.6 Å². The Hall–Kier alpha value is -3.45. The standard InChI is InChI=1S/C21H15ClF2N2O3/c1-29-19-5-3-2-4-18(19)26-20(27)12-6-8-13(9-7-12)25-21(28)14-10-16(23)17(24)11-15(14)22/h2-11H,1H3,(H,25,28)(H,26,27). The molecule has 8 heteroatoms. The quantitative estimate of drug-likeness (QED) is 0.566. The number of carbonyl (C=O) groups is 2. The first kappa shape index (κ1) is 20.3. The van der Waals surface area contributed by atoms with Crippen molar-refractivity contribution in [1.82, 2.24) is 0 Å². The van der Waals surface area contributed by atoms with E-state index in [9.17, 15) is 18.4 Å². The summed E-state index contributed by atoms with van der Waals surface area (Å²) < 4.78 is 31.7. The Bertz CT molecular complexity index is 1070. The molecule has 148 valence electrons. The molecule has 2 N–H and O–H groups in total. The van der Waals surface area contributed by atoms with Gasteiger partial charge in [0.1, 0.15) is 5.75 Å². The molecule has 5 nitrogen and oxygen atoms in total. The summed E-state index contributed by atoms with van der Waals surface area (Å²) in [6.45, 7) is 0. The molecule has 2 amide bonds. The van der Waals surface area contributed by atoms with Crippen molar-refractivity contribution in [3.63, 3.8) is 0 Å². The van der Waals surface area contributed by atoms with Crippen LogP contribution >= 0.6 is 11.6 Å². The highest BCUT2D eigenvalue weighted by Crippen LogP contribution is 2.24. The predicted molar refractivity (Wildman–Crippen MR) is 107 cm³/mol. The highest BCUT2D eigenvalue weighted by molar-refractivity contribution is 6.34. The average Bonchev–Trinajstić information content (AvgIpc) is 2.71. The Labute approximate surface area is 170 Å². The van der Waals surface area contributed by atoms with Crippen LogP contribution in [-0.4, -0.2) is 18.9 Å². The Kier molecular flexibility index (Phi) is 6.09. The number of halogens is 3. The smallest absolute Gasteiger partial charge is 0.257 e. The molecule has 0 heterocycles. The number of amides is 2. The second-order valence-corrected chi connectivity index (χ2v) is 6.34. The van der Waals surface area contributed by atoms with Gasteiger partial charge in [-0.2, -0.15) is 0 Å². The molecule has 29 heavy (non-hydrogen) atoms. The molecule has 0 unspecified atom stereocenters. The summed E-state index contributed by atoms with van der Waals surface area (Å²) >= 11 is 5.80. The molecular weight excluding hydrogens is 402 g/mol. The van der Waals surface area contributed by atoms with Crippen LogP contribution in [0.5, 0.6) is 5.75 Å². The lowest BCUT2D eigenvalue weighted by Crippen LogP contribution is -2.14. The molecular formula is C21H15ClF2N2O3. The van der Waals surface area contributed by atoms with Gasteiger partial charge in [0, 0.05) is 11.3 Å². The van der Waals surface area contributed by atoms with E-state index < -0.39 is 17.5 Å². The van der Waals surface area contributed by atoms with Gasteiger partial charge < -0.3 is 15.4 Å². The molecule has 3 aromatic carbocycles.